The topological polar surface area (TPSA) is 142 Å². The largest absolute Gasteiger partial charge is 0.459 e. The van der Waals surface area contributed by atoms with Gasteiger partial charge < -0.3 is 19.9 Å². The number of nitriles is 1. The summed E-state index contributed by atoms with van der Waals surface area (Å²) in [4.78, 5) is 29.6. The van der Waals surface area contributed by atoms with Crippen LogP contribution in [0.15, 0.2) is 79.1 Å². The molecule has 2 aromatic carbocycles. The molecule has 10 nitrogen and oxygen atoms in total. The number of nitrogen functional groups attached to an aromatic ring is 1. The minimum absolute atomic E-state index is 0.241. The number of fused-ring (bicyclic) bond motifs is 1. The number of rotatable bonds is 6. The zero-order chi connectivity index (χ0) is 26.0. The molecule has 186 valence electrons. The molecule has 0 aliphatic carbocycles. The standard InChI is InChI=1S/C27H23N5O5/c1-27(15-28)22(19-12-13-20-24(29)30-16-31-32(19)20)36-21(14-35-25(33)17-8-4-2-5-9-17)23(27)37-26(34)18-10-6-3-7-11-18/h2-13,16,21-23H,14H2,1H3,(H2,29,30,31). The molecule has 3 heterocycles. The molecule has 4 aromatic rings. The molecule has 1 saturated heterocycles. The number of hydrogen-bond donors (Lipinski definition) is 1. The van der Waals surface area contributed by atoms with Gasteiger partial charge in [0.15, 0.2) is 11.9 Å². The van der Waals surface area contributed by atoms with Gasteiger partial charge in [0.2, 0.25) is 0 Å². The number of nitrogens with two attached hydrogens (primary N) is 1. The third-order valence-corrected chi connectivity index (χ3v) is 6.44. The summed E-state index contributed by atoms with van der Waals surface area (Å²) in [5, 5.41) is 14.6. The highest BCUT2D eigenvalue weighted by Gasteiger charge is 2.58. The van der Waals surface area contributed by atoms with Gasteiger partial charge in [-0.1, -0.05) is 36.4 Å². The lowest BCUT2D eigenvalue weighted by molar-refractivity contribution is -0.0438. The van der Waals surface area contributed by atoms with Crippen molar-refractivity contribution in [3.63, 3.8) is 0 Å². The third-order valence-electron chi connectivity index (χ3n) is 6.44. The van der Waals surface area contributed by atoms with Crippen LogP contribution in [0.25, 0.3) is 5.52 Å². The second-order valence-electron chi connectivity index (χ2n) is 8.81. The van der Waals surface area contributed by atoms with Crippen molar-refractivity contribution in [2.75, 3.05) is 12.3 Å². The summed E-state index contributed by atoms with van der Waals surface area (Å²) in [7, 11) is 0. The maximum Gasteiger partial charge on any atom is 0.338 e. The molecule has 1 aliphatic rings. The summed E-state index contributed by atoms with van der Waals surface area (Å²) >= 11 is 0. The predicted octanol–water partition coefficient (Wildman–Crippen LogP) is 3.36. The molecule has 2 aromatic heterocycles. The van der Waals surface area contributed by atoms with Crippen molar-refractivity contribution in [3.8, 4) is 6.07 Å². The Morgan fingerprint density at radius 2 is 1.70 bits per heavy atom. The van der Waals surface area contributed by atoms with E-state index in [1.807, 2.05) is 0 Å². The Hall–Kier alpha value is -4.75. The van der Waals surface area contributed by atoms with Gasteiger partial charge in [0.25, 0.3) is 0 Å². The average molecular weight is 498 g/mol. The Morgan fingerprint density at radius 3 is 2.35 bits per heavy atom. The van der Waals surface area contributed by atoms with E-state index in [1.165, 1.54) is 10.8 Å². The zero-order valence-electron chi connectivity index (χ0n) is 19.9. The fourth-order valence-corrected chi connectivity index (χ4v) is 4.49. The molecule has 37 heavy (non-hydrogen) atoms. The SMILES string of the molecule is CC1(C#N)C(c2ccc3c(N)ncnn23)OC(COC(=O)c2ccccc2)C1OC(=O)c1ccccc1. The number of carbonyl (C=O) groups excluding carboxylic acids is 2. The minimum Gasteiger partial charge on any atom is -0.459 e. The number of esters is 2. The van der Waals surface area contributed by atoms with Gasteiger partial charge in [-0.3, -0.25) is 0 Å². The average Bonchev–Trinajstić information content (AvgIpc) is 3.48. The zero-order valence-corrected chi connectivity index (χ0v) is 19.9. The van der Waals surface area contributed by atoms with E-state index in [0.29, 0.717) is 22.3 Å². The molecule has 10 heteroatoms. The monoisotopic (exact) mass is 497 g/mol. The number of carbonyl (C=O) groups is 2. The van der Waals surface area contributed by atoms with Crippen LogP contribution >= 0.6 is 0 Å². The summed E-state index contributed by atoms with van der Waals surface area (Å²) in [6.07, 6.45) is -1.58. The molecular weight excluding hydrogens is 474 g/mol. The molecule has 0 saturated carbocycles. The Morgan fingerprint density at radius 1 is 1.05 bits per heavy atom. The van der Waals surface area contributed by atoms with Crippen LogP contribution in [0, 0.1) is 16.7 Å². The highest BCUT2D eigenvalue weighted by atomic mass is 16.6. The van der Waals surface area contributed by atoms with Crippen LogP contribution in [0.2, 0.25) is 0 Å². The number of nitrogens with zero attached hydrogens (tertiary/aromatic N) is 4. The van der Waals surface area contributed by atoms with Crippen LogP contribution in [0.5, 0.6) is 0 Å². The third kappa shape index (κ3) is 4.37. The number of ether oxygens (including phenoxy) is 3. The van der Waals surface area contributed by atoms with Crippen LogP contribution in [0.4, 0.5) is 5.82 Å². The van der Waals surface area contributed by atoms with Crippen molar-refractivity contribution in [3.05, 3.63) is 95.9 Å². The van der Waals surface area contributed by atoms with Crippen molar-refractivity contribution >= 4 is 23.3 Å². The maximum atomic E-state index is 13.0. The van der Waals surface area contributed by atoms with E-state index in [-0.39, 0.29) is 12.4 Å². The summed E-state index contributed by atoms with van der Waals surface area (Å²) in [6, 6.07) is 22.7. The number of aromatic nitrogens is 3. The molecule has 4 unspecified atom stereocenters. The van der Waals surface area contributed by atoms with E-state index in [4.69, 9.17) is 19.9 Å². The lowest BCUT2D eigenvalue weighted by Crippen LogP contribution is -2.41. The Kier molecular flexibility index (Phi) is 6.29. The molecule has 1 aliphatic heterocycles. The van der Waals surface area contributed by atoms with Crippen LogP contribution in [0.3, 0.4) is 0 Å². The normalized spacial score (nSPS) is 22.9. The van der Waals surface area contributed by atoms with Crippen LogP contribution in [-0.4, -0.2) is 45.4 Å². The molecule has 0 amide bonds. The van der Waals surface area contributed by atoms with Crippen molar-refractivity contribution < 1.29 is 23.8 Å². The molecule has 2 N–H and O–H groups in total. The summed E-state index contributed by atoms with van der Waals surface area (Å²) in [5.74, 6) is -0.923. The second kappa shape index (κ2) is 9.72. The van der Waals surface area contributed by atoms with Gasteiger partial charge in [-0.25, -0.2) is 19.1 Å². The van der Waals surface area contributed by atoms with Gasteiger partial charge in [-0.05, 0) is 43.3 Å². The molecule has 4 atom stereocenters. The van der Waals surface area contributed by atoms with Gasteiger partial charge in [-0.2, -0.15) is 10.4 Å². The first kappa shape index (κ1) is 24.0. The fraction of sp³-hybridized carbons (Fsp3) is 0.222. The van der Waals surface area contributed by atoms with Crippen LogP contribution in [-0.2, 0) is 14.2 Å². The quantitative estimate of drug-likeness (QED) is 0.397. The Bertz CT molecular complexity index is 1480. The van der Waals surface area contributed by atoms with Gasteiger partial charge >= 0.3 is 11.9 Å². The van der Waals surface area contributed by atoms with Crippen molar-refractivity contribution in [2.45, 2.75) is 25.2 Å². The first-order valence-electron chi connectivity index (χ1n) is 11.6. The van der Waals surface area contributed by atoms with E-state index in [9.17, 15) is 14.9 Å². The summed E-state index contributed by atoms with van der Waals surface area (Å²) in [5.41, 5.74) is 6.37. The van der Waals surface area contributed by atoms with E-state index in [2.05, 4.69) is 16.2 Å². The minimum atomic E-state index is -1.36. The van der Waals surface area contributed by atoms with Gasteiger partial charge in [0.1, 0.15) is 36.1 Å². The summed E-state index contributed by atoms with van der Waals surface area (Å²) < 4.78 is 19.2. The lowest BCUT2D eigenvalue weighted by Gasteiger charge is -2.28. The first-order valence-corrected chi connectivity index (χ1v) is 11.6. The smallest absolute Gasteiger partial charge is 0.338 e. The van der Waals surface area contributed by atoms with E-state index >= 15 is 0 Å². The first-order chi connectivity index (χ1) is 17.9. The highest BCUT2D eigenvalue weighted by Crippen LogP contribution is 2.49. The van der Waals surface area contributed by atoms with Crippen LogP contribution < -0.4 is 5.73 Å². The molecular formula is C27H23N5O5. The maximum absolute atomic E-state index is 13.0. The van der Waals surface area contributed by atoms with Gasteiger partial charge in [-0.15, -0.1) is 0 Å². The number of anilines is 1. The fourth-order valence-electron chi connectivity index (χ4n) is 4.49. The number of hydrogen-bond acceptors (Lipinski definition) is 9. The molecule has 5 rings (SSSR count). The van der Waals surface area contributed by atoms with Crippen molar-refractivity contribution in [1.29, 1.82) is 5.26 Å². The highest BCUT2D eigenvalue weighted by molar-refractivity contribution is 5.90. The number of benzene rings is 2. The predicted molar refractivity (Wildman–Crippen MR) is 131 cm³/mol. The Balaban J connectivity index is 1.49. The Labute approximate surface area is 212 Å². The molecule has 0 spiro atoms. The van der Waals surface area contributed by atoms with E-state index in [1.54, 1.807) is 79.7 Å². The van der Waals surface area contributed by atoms with E-state index < -0.39 is 35.7 Å². The molecule has 0 bridgehead atoms. The summed E-state index contributed by atoms with van der Waals surface area (Å²) in [6.45, 7) is 1.40. The molecule has 1 fully saturated rings. The van der Waals surface area contributed by atoms with Crippen LogP contribution in [0.1, 0.15) is 39.4 Å². The molecule has 0 radical (unpaired) electrons. The van der Waals surface area contributed by atoms with Crippen molar-refractivity contribution in [1.82, 2.24) is 14.6 Å². The van der Waals surface area contributed by atoms with E-state index in [0.717, 1.165) is 0 Å². The van der Waals surface area contributed by atoms with Gasteiger partial charge in [0.05, 0.1) is 22.9 Å². The second-order valence-corrected chi connectivity index (χ2v) is 8.81. The van der Waals surface area contributed by atoms with Crippen molar-refractivity contribution in [2.24, 2.45) is 5.41 Å². The lowest BCUT2D eigenvalue weighted by atomic mass is 9.79. The van der Waals surface area contributed by atoms with Gasteiger partial charge in [0, 0.05) is 0 Å².